The molecule has 1 fully saturated rings. The fraction of sp³-hybridized carbons (Fsp3) is 0.778. The molecule has 14 heavy (non-hydrogen) atoms. The molecule has 1 unspecified atom stereocenters. The summed E-state index contributed by atoms with van der Waals surface area (Å²) in [5.41, 5.74) is 0. The van der Waals surface area contributed by atoms with Gasteiger partial charge in [0, 0.05) is 13.2 Å². The molecule has 1 aliphatic rings. The summed E-state index contributed by atoms with van der Waals surface area (Å²) in [5, 5.41) is 13.6. The van der Waals surface area contributed by atoms with Gasteiger partial charge in [-0.05, 0) is 19.8 Å². The van der Waals surface area contributed by atoms with Crippen LogP contribution in [0.4, 0.5) is 0 Å². The van der Waals surface area contributed by atoms with Crippen molar-refractivity contribution >= 4 is 0 Å². The first-order valence-corrected chi connectivity index (χ1v) is 4.94. The van der Waals surface area contributed by atoms with Crippen molar-refractivity contribution in [1.29, 1.82) is 0 Å². The number of ether oxygens (including phenoxy) is 1. The Hall–Kier alpha value is -0.940. The van der Waals surface area contributed by atoms with E-state index in [2.05, 4.69) is 10.1 Å². The van der Waals surface area contributed by atoms with Crippen LogP contribution in [-0.4, -0.2) is 33.1 Å². The van der Waals surface area contributed by atoms with Gasteiger partial charge in [-0.15, -0.1) is 0 Å². The third-order valence-electron chi connectivity index (χ3n) is 2.51. The molecule has 5 heteroatoms. The Morgan fingerprint density at radius 2 is 2.29 bits per heavy atom. The van der Waals surface area contributed by atoms with Crippen molar-refractivity contribution in [3.8, 4) is 0 Å². The molecule has 2 heterocycles. The van der Waals surface area contributed by atoms with Crippen LogP contribution >= 0.6 is 0 Å². The van der Waals surface area contributed by atoms with Gasteiger partial charge in [-0.25, -0.2) is 9.67 Å². The number of hydrogen-bond donors (Lipinski definition) is 1. The van der Waals surface area contributed by atoms with E-state index < -0.39 is 6.10 Å². The monoisotopic (exact) mass is 197 g/mol. The molecule has 1 aliphatic heterocycles. The number of hydrogen-bond acceptors (Lipinski definition) is 4. The van der Waals surface area contributed by atoms with Crippen LogP contribution in [0.2, 0.25) is 0 Å². The van der Waals surface area contributed by atoms with E-state index in [0.29, 0.717) is 11.9 Å². The lowest BCUT2D eigenvalue weighted by Gasteiger charge is -2.23. The highest BCUT2D eigenvalue weighted by Crippen LogP contribution is 2.22. The van der Waals surface area contributed by atoms with Crippen molar-refractivity contribution in [2.45, 2.75) is 31.9 Å². The van der Waals surface area contributed by atoms with Crippen LogP contribution in [0.5, 0.6) is 0 Å². The first-order valence-electron chi connectivity index (χ1n) is 4.94. The van der Waals surface area contributed by atoms with Crippen LogP contribution in [0.15, 0.2) is 6.33 Å². The van der Waals surface area contributed by atoms with Gasteiger partial charge >= 0.3 is 0 Å². The Labute approximate surface area is 82.7 Å². The number of aromatic nitrogens is 3. The van der Waals surface area contributed by atoms with Gasteiger partial charge in [-0.1, -0.05) is 0 Å². The second kappa shape index (κ2) is 4.06. The molecule has 0 aliphatic carbocycles. The highest BCUT2D eigenvalue weighted by atomic mass is 16.5. The van der Waals surface area contributed by atoms with E-state index in [1.807, 2.05) is 4.68 Å². The average Bonchev–Trinajstić information content (AvgIpc) is 2.67. The predicted molar refractivity (Wildman–Crippen MR) is 49.7 cm³/mol. The van der Waals surface area contributed by atoms with Crippen LogP contribution in [-0.2, 0) is 4.74 Å². The zero-order chi connectivity index (χ0) is 9.97. The van der Waals surface area contributed by atoms with Gasteiger partial charge < -0.3 is 9.84 Å². The van der Waals surface area contributed by atoms with E-state index in [9.17, 15) is 5.11 Å². The Morgan fingerprint density at radius 3 is 2.93 bits per heavy atom. The Bertz CT molecular complexity index is 292. The number of nitrogens with zero attached hydrogens (tertiary/aromatic N) is 3. The fourth-order valence-electron chi connectivity index (χ4n) is 1.77. The highest BCUT2D eigenvalue weighted by Gasteiger charge is 2.21. The second-order valence-electron chi connectivity index (χ2n) is 3.58. The molecular weight excluding hydrogens is 182 g/mol. The van der Waals surface area contributed by atoms with Gasteiger partial charge in [0.05, 0.1) is 6.04 Å². The summed E-state index contributed by atoms with van der Waals surface area (Å²) in [6, 6.07) is 0.329. The molecule has 0 spiro atoms. The van der Waals surface area contributed by atoms with Crippen molar-refractivity contribution in [2.24, 2.45) is 0 Å². The Kier molecular flexibility index (Phi) is 2.79. The minimum absolute atomic E-state index is 0.329. The fourth-order valence-corrected chi connectivity index (χ4v) is 1.77. The maximum atomic E-state index is 9.47. The van der Waals surface area contributed by atoms with Crippen molar-refractivity contribution in [1.82, 2.24) is 14.8 Å². The molecule has 0 saturated carbocycles. The molecule has 1 aromatic heterocycles. The minimum Gasteiger partial charge on any atom is -0.385 e. The Balaban J connectivity index is 2.17. The van der Waals surface area contributed by atoms with Crippen molar-refractivity contribution < 1.29 is 9.84 Å². The van der Waals surface area contributed by atoms with Crippen LogP contribution in [0, 0.1) is 0 Å². The summed E-state index contributed by atoms with van der Waals surface area (Å²) >= 11 is 0. The average molecular weight is 197 g/mol. The zero-order valence-electron chi connectivity index (χ0n) is 8.26. The third kappa shape index (κ3) is 1.78. The van der Waals surface area contributed by atoms with E-state index >= 15 is 0 Å². The molecule has 0 radical (unpaired) electrons. The summed E-state index contributed by atoms with van der Waals surface area (Å²) in [4.78, 5) is 4.05. The maximum Gasteiger partial charge on any atom is 0.155 e. The van der Waals surface area contributed by atoms with E-state index in [4.69, 9.17) is 4.74 Å². The zero-order valence-corrected chi connectivity index (χ0v) is 8.26. The standard InChI is InChI=1S/C9H15N3O2/c1-7(13)9-10-6-11-12(9)8-2-4-14-5-3-8/h6-8,13H,2-5H2,1H3. The van der Waals surface area contributed by atoms with E-state index in [0.717, 1.165) is 26.1 Å². The van der Waals surface area contributed by atoms with Crippen molar-refractivity contribution in [2.75, 3.05) is 13.2 Å². The van der Waals surface area contributed by atoms with Gasteiger partial charge in [-0.2, -0.15) is 5.10 Å². The lowest BCUT2D eigenvalue weighted by molar-refractivity contribution is 0.0619. The number of aliphatic hydroxyl groups is 1. The van der Waals surface area contributed by atoms with Gasteiger partial charge in [0.1, 0.15) is 12.4 Å². The molecule has 0 aromatic carbocycles. The summed E-state index contributed by atoms with van der Waals surface area (Å²) in [6.45, 7) is 3.24. The quantitative estimate of drug-likeness (QED) is 0.757. The molecule has 78 valence electrons. The lowest BCUT2D eigenvalue weighted by atomic mass is 10.1. The summed E-state index contributed by atoms with van der Waals surface area (Å²) in [5.74, 6) is 0.650. The second-order valence-corrected chi connectivity index (χ2v) is 3.58. The Morgan fingerprint density at radius 1 is 1.57 bits per heavy atom. The summed E-state index contributed by atoms with van der Waals surface area (Å²) in [7, 11) is 0. The topological polar surface area (TPSA) is 60.2 Å². The lowest BCUT2D eigenvalue weighted by Crippen LogP contribution is -2.22. The molecule has 0 bridgehead atoms. The highest BCUT2D eigenvalue weighted by molar-refractivity contribution is 4.91. The molecule has 1 saturated heterocycles. The SMILES string of the molecule is CC(O)c1ncnn1C1CCOCC1. The van der Waals surface area contributed by atoms with Gasteiger partial charge in [0.2, 0.25) is 0 Å². The molecule has 1 atom stereocenters. The van der Waals surface area contributed by atoms with Crippen molar-refractivity contribution in [3.05, 3.63) is 12.2 Å². The molecule has 0 amide bonds. The molecule has 1 N–H and O–H groups in total. The maximum absolute atomic E-state index is 9.47. The smallest absolute Gasteiger partial charge is 0.155 e. The molecule has 2 rings (SSSR count). The summed E-state index contributed by atoms with van der Waals surface area (Å²) < 4.78 is 7.10. The molecular formula is C9H15N3O2. The number of rotatable bonds is 2. The van der Waals surface area contributed by atoms with Crippen LogP contribution in [0.25, 0.3) is 0 Å². The van der Waals surface area contributed by atoms with Crippen LogP contribution in [0.1, 0.15) is 37.7 Å². The first-order chi connectivity index (χ1) is 6.79. The van der Waals surface area contributed by atoms with E-state index in [-0.39, 0.29) is 0 Å². The number of aliphatic hydroxyl groups excluding tert-OH is 1. The van der Waals surface area contributed by atoms with Gasteiger partial charge in [0.15, 0.2) is 5.82 Å². The van der Waals surface area contributed by atoms with Crippen molar-refractivity contribution in [3.63, 3.8) is 0 Å². The van der Waals surface area contributed by atoms with Crippen LogP contribution < -0.4 is 0 Å². The largest absolute Gasteiger partial charge is 0.385 e. The predicted octanol–water partition coefficient (Wildman–Crippen LogP) is 0.683. The van der Waals surface area contributed by atoms with Gasteiger partial charge in [-0.3, -0.25) is 0 Å². The molecule has 5 nitrogen and oxygen atoms in total. The van der Waals surface area contributed by atoms with Crippen LogP contribution in [0.3, 0.4) is 0 Å². The minimum atomic E-state index is -0.555. The third-order valence-corrected chi connectivity index (χ3v) is 2.51. The van der Waals surface area contributed by atoms with E-state index in [1.165, 1.54) is 6.33 Å². The van der Waals surface area contributed by atoms with E-state index in [1.54, 1.807) is 6.92 Å². The summed E-state index contributed by atoms with van der Waals surface area (Å²) in [6.07, 6.45) is 2.84. The van der Waals surface area contributed by atoms with Gasteiger partial charge in [0.25, 0.3) is 0 Å². The normalized spacial score (nSPS) is 21.0. The molecule has 1 aromatic rings. The first kappa shape index (κ1) is 9.61.